The third-order valence-electron chi connectivity index (χ3n) is 7.38. The first-order valence-electron chi connectivity index (χ1n) is 14.8. The van der Waals surface area contributed by atoms with Crippen molar-refractivity contribution in [2.24, 2.45) is 5.92 Å². The van der Waals surface area contributed by atoms with Gasteiger partial charge in [-0.15, -0.1) is 0 Å². The van der Waals surface area contributed by atoms with E-state index in [1.165, 1.54) is 63.4 Å². The Morgan fingerprint density at radius 1 is 0.737 bits per heavy atom. The fourth-order valence-electron chi connectivity index (χ4n) is 4.60. The van der Waals surface area contributed by atoms with Gasteiger partial charge in [0, 0.05) is 29.9 Å². The summed E-state index contributed by atoms with van der Waals surface area (Å²) in [5, 5.41) is 0. The van der Waals surface area contributed by atoms with Crippen LogP contribution in [-0.2, 0) is 11.2 Å². The molecule has 0 spiro atoms. The van der Waals surface area contributed by atoms with Crippen LogP contribution in [0.5, 0.6) is 5.75 Å². The highest BCUT2D eigenvalue weighted by Crippen LogP contribution is 2.24. The van der Waals surface area contributed by atoms with Crippen LogP contribution >= 0.6 is 0 Å². The minimum atomic E-state index is -0.158. The summed E-state index contributed by atoms with van der Waals surface area (Å²) in [5.74, 6) is 1.96. The molecule has 0 aliphatic carbocycles. The van der Waals surface area contributed by atoms with Gasteiger partial charge in [-0.25, -0.2) is 9.97 Å². The summed E-state index contributed by atoms with van der Waals surface area (Å²) in [6.07, 6.45) is 18.8. The Morgan fingerprint density at radius 3 is 2.05 bits per heavy atom. The van der Waals surface area contributed by atoms with E-state index in [1.807, 2.05) is 36.7 Å². The maximum Gasteiger partial charge on any atom is 0.311 e. The second-order valence-corrected chi connectivity index (χ2v) is 10.6. The Kier molecular flexibility index (Phi) is 13.0. The Labute approximate surface area is 230 Å². The van der Waals surface area contributed by atoms with E-state index < -0.39 is 0 Å². The van der Waals surface area contributed by atoms with Crippen molar-refractivity contribution >= 4 is 5.97 Å². The number of carbonyl (C=O) groups excluding carboxylic acids is 1. The Hall–Kier alpha value is -3.01. The molecule has 4 nitrogen and oxygen atoms in total. The van der Waals surface area contributed by atoms with Crippen molar-refractivity contribution in [2.45, 2.75) is 104 Å². The third-order valence-corrected chi connectivity index (χ3v) is 7.38. The zero-order chi connectivity index (χ0) is 27.0. The molecule has 0 aliphatic rings. The van der Waals surface area contributed by atoms with Crippen LogP contribution in [0.3, 0.4) is 0 Å². The van der Waals surface area contributed by atoms with Crippen LogP contribution in [0.4, 0.5) is 0 Å². The van der Waals surface area contributed by atoms with Crippen molar-refractivity contribution in [3.63, 3.8) is 0 Å². The van der Waals surface area contributed by atoms with Gasteiger partial charge in [0.05, 0.1) is 0 Å². The first kappa shape index (κ1) is 29.5. The molecule has 0 amide bonds. The van der Waals surface area contributed by atoms with Crippen LogP contribution < -0.4 is 4.74 Å². The van der Waals surface area contributed by atoms with Crippen molar-refractivity contribution < 1.29 is 9.53 Å². The van der Waals surface area contributed by atoms with Gasteiger partial charge in [0.15, 0.2) is 5.82 Å². The minimum Gasteiger partial charge on any atom is -0.427 e. The molecule has 0 aliphatic heterocycles. The molecular formula is C34H46N2O2. The summed E-state index contributed by atoms with van der Waals surface area (Å²) in [5.41, 5.74) is 4.34. The molecule has 2 aromatic carbocycles. The zero-order valence-corrected chi connectivity index (χ0v) is 23.8. The number of nitrogens with zero attached hydrogens (tertiary/aromatic N) is 2. The summed E-state index contributed by atoms with van der Waals surface area (Å²) in [6.45, 7) is 6.80. The van der Waals surface area contributed by atoms with Crippen molar-refractivity contribution in [2.75, 3.05) is 0 Å². The largest absolute Gasteiger partial charge is 0.427 e. The average molecular weight is 515 g/mol. The summed E-state index contributed by atoms with van der Waals surface area (Å²) >= 11 is 0. The van der Waals surface area contributed by atoms with Crippen LogP contribution in [0.25, 0.3) is 22.5 Å². The van der Waals surface area contributed by atoms with E-state index in [2.05, 4.69) is 55.0 Å². The lowest BCUT2D eigenvalue weighted by atomic mass is 10.0. The molecular weight excluding hydrogens is 468 g/mol. The molecule has 38 heavy (non-hydrogen) atoms. The summed E-state index contributed by atoms with van der Waals surface area (Å²) < 4.78 is 5.53. The van der Waals surface area contributed by atoms with E-state index in [9.17, 15) is 4.79 Å². The quantitative estimate of drug-likeness (QED) is 0.102. The second-order valence-electron chi connectivity index (χ2n) is 10.6. The molecule has 1 atom stereocenters. The third kappa shape index (κ3) is 10.4. The van der Waals surface area contributed by atoms with Gasteiger partial charge in [0.1, 0.15) is 5.75 Å². The van der Waals surface area contributed by atoms with Gasteiger partial charge in [-0.3, -0.25) is 4.79 Å². The van der Waals surface area contributed by atoms with E-state index in [1.54, 1.807) is 0 Å². The molecule has 3 aromatic rings. The smallest absolute Gasteiger partial charge is 0.311 e. The standard InChI is InChI=1S/C34H46N2O2/c1-4-6-7-8-12-15-28-17-19-30(20-18-28)34-35-25-31(26-36-34)29-21-23-32(24-22-29)38-33(37)16-13-10-9-11-14-27(3)5-2/h17-27H,4-16H2,1-3H3. The molecule has 1 unspecified atom stereocenters. The van der Waals surface area contributed by atoms with E-state index >= 15 is 0 Å². The number of hydrogen-bond donors (Lipinski definition) is 0. The minimum absolute atomic E-state index is 0.158. The van der Waals surface area contributed by atoms with Gasteiger partial charge in [-0.05, 0) is 48.4 Å². The molecule has 1 aromatic heterocycles. The lowest BCUT2D eigenvalue weighted by Crippen LogP contribution is -2.07. The first-order chi connectivity index (χ1) is 18.6. The summed E-state index contributed by atoms with van der Waals surface area (Å²) in [6, 6.07) is 16.2. The Bertz CT molecular complexity index is 1060. The number of aromatic nitrogens is 2. The van der Waals surface area contributed by atoms with Crippen molar-refractivity contribution in [3.8, 4) is 28.3 Å². The van der Waals surface area contributed by atoms with E-state index in [0.717, 1.165) is 47.7 Å². The Morgan fingerprint density at radius 2 is 1.37 bits per heavy atom. The van der Waals surface area contributed by atoms with Gasteiger partial charge in [-0.1, -0.05) is 115 Å². The van der Waals surface area contributed by atoms with Gasteiger partial charge in [-0.2, -0.15) is 0 Å². The average Bonchev–Trinajstić information content (AvgIpc) is 2.95. The highest BCUT2D eigenvalue weighted by molar-refractivity contribution is 5.73. The molecule has 0 saturated carbocycles. The summed E-state index contributed by atoms with van der Waals surface area (Å²) in [4.78, 5) is 21.4. The van der Waals surface area contributed by atoms with Crippen molar-refractivity contribution in [1.29, 1.82) is 0 Å². The number of esters is 1. The van der Waals surface area contributed by atoms with Crippen LogP contribution in [0, 0.1) is 5.92 Å². The maximum atomic E-state index is 12.2. The van der Waals surface area contributed by atoms with E-state index in [-0.39, 0.29) is 5.97 Å². The predicted molar refractivity (Wildman–Crippen MR) is 158 cm³/mol. The van der Waals surface area contributed by atoms with Crippen molar-refractivity contribution in [1.82, 2.24) is 9.97 Å². The van der Waals surface area contributed by atoms with Gasteiger partial charge >= 0.3 is 5.97 Å². The molecule has 204 valence electrons. The molecule has 0 saturated heterocycles. The number of hydrogen-bond acceptors (Lipinski definition) is 4. The molecule has 4 heteroatoms. The maximum absolute atomic E-state index is 12.2. The fraction of sp³-hybridized carbons (Fsp3) is 0.500. The van der Waals surface area contributed by atoms with Crippen LogP contribution in [-0.4, -0.2) is 15.9 Å². The Balaban J connectivity index is 1.42. The SMILES string of the molecule is CCCCCCCc1ccc(-c2ncc(-c3ccc(OC(=O)CCCCCCC(C)CC)cc3)cn2)cc1. The van der Waals surface area contributed by atoms with E-state index in [0.29, 0.717) is 12.2 Å². The lowest BCUT2D eigenvalue weighted by molar-refractivity contribution is -0.134. The second kappa shape index (κ2) is 16.8. The zero-order valence-electron chi connectivity index (χ0n) is 23.8. The van der Waals surface area contributed by atoms with Crippen molar-refractivity contribution in [3.05, 3.63) is 66.5 Å². The molecule has 0 N–H and O–H groups in total. The fourth-order valence-corrected chi connectivity index (χ4v) is 4.60. The predicted octanol–water partition coefficient (Wildman–Crippen LogP) is 9.62. The number of unbranched alkanes of at least 4 members (excludes halogenated alkanes) is 7. The van der Waals surface area contributed by atoms with E-state index in [4.69, 9.17) is 4.74 Å². The normalized spacial score (nSPS) is 11.9. The molecule has 0 bridgehead atoms. The first-order valence-corrected chi connectivity index (χ1v) is 14.8. The topological polar surface area (TPSA) is 52.1 Å². The molecule has 3 rings (SSSR count). The van der Waals surface area contributed by atoms with Crippen LogP contribution in [0.1, 0.15) is 103 Å². The molecule has 0 fully saturated rings. The molecule has 1 heterocycles. The number of carbonyl (C=O) groups is 1. The molecule has 0 radical (unpaired) electrons. The monoisotopic (exact) mass is 514 g/mol. The van der Waals surface area contributed by atoms with Gasteiger partial charge in [0.25, 0.3) is 0 Å². The number of aryl methyl sites for hydroxylation is 1. The van der Waals surface area contributed by atoms with Gasteiger partial charge < -0.3 is 4.74 Å². The summed E-state index contributed by atoms with van der Waals surface area (Å²) in [7, 11) is 0. The number of rotatable bonds is 17. The number of benzene rings is 2. The van der Waals surface area contributed by atoms with Crippen LogP contribution in [0.15, 0.2) is 60.9 Å². The van der Waals surface area contributed by atoms with Crippen LogP contribution in [0.2, 0.25) is 0 Å². The highest BCUT2D eigenvalue weighted by Gasteiger charge is 2.08. The highest BCUT2D eigenvalue weighted by atomic mass is 16.5. The lowest BCUT2D eigenvalue weighted by Gasteiger charge is -2.08. The number of ether oxygens (including phenoxy) is 1. The van der Waals surface area contributed by atoms with Gasteiger partial charge in [0.2, 0.25) is 0 Å².